The van der Waals surface area contributed by atoms with Crippen LogP contribution in [0.15, 0.2) is 174 Å². The Morgan fingerprint density at radius 1 is 0.576 bits per heavy atom. The Labute approximate surface area is 365 Å². The average molecular weight is 1010 g/mol. The first kappa shape index (κ1) is 40.1. The molecule has 7 aromatic carbocycles. The summed E-state index contributed by atoms with van der Waals surface area (Å²) in [5.74, 6) is 1.32. The molecule has 0 aliphatic rings. The van der Waals surface area contributed by atoms with Crippen molar-refractivity contribution in [2.45, 2.75) is 39.5 Å². The zero-order chi connectivity index (χ0) is 39.6. The van der Waals surface area contributed by atoms with Gasteiger partial charge in [-0.2, -0.15) is 0 Å². The van der Waals surface area contributed by atoms with Crippen molar-refractivity contribution in [3.63, 3.8) is 0 Å². The molecule has 10 aromatic rings. The van der Waals surface area contributed by atoms with Crippen LogP contribution in [0.4, 0.5) is 0 Å². The van der Waals surface area contributed by atoms with Crippen LogP contribution in [0.1, 0.15) is 50.7 Å². The van der Waals surface area contributed by atoms with Gasteiger partial charge in [-0.25, -0.2) is 0 Å². The third kappa shape index (κ3) is 8.18. The van der Waals surface area contributed by atoms with E-state index >= 15 is 0 Å². The molecule has 3 heterocycles. The number of hydrogen-bond acceptors (Lipinski definition) is 3. The molecule has 0 saturated carbocycles. The molecule has 0 amide bonds. The SMILES string of the molecule is CC(C)c1cc(-c2ccccc2)cc(C(C)C)c1-c1cccc2nc(-c3[c-]ccc4c3[se]c3cc(-c5ccccc5)ccc34)oc12.[Ir].[c-]1ccccc1-c1ccccn1. The van der Waals surface area contributed by atoms with Gasteiger partial charge in [0.2, 0.25) is 0 Å². The molecule has 0 saturated heterocycles. The quantitative estimate of drug-likeness (QED) is 0.118. The number of nitrogens with zero attached hydrogens (tertiary/aromatic N) is 2. The molecule has 3 aromatic heterocycles. The van der Waals surface area contributed by atoms with Crippen molar-refractivity contribution >= 4 is 44.9 Å². The number of pyridine rings is 1. The van der Waals surface area contributed by atoms with Gasteiger partial charge in [-0.15, -0.1) is 35.9 Å². The summed E-state index contributed by atoms with van der Waals surface area (Å²) >= 11 is 0.120. The monoisotopic (exact) mass is 1010 g/mol. The smallest absolute Gasteiger partial charge is 0.0160 e. The van der Waals surface area contributed by atoms with Gasteiger partial charge in [0.25, 0.3) is 0 Å². The van der Waals surface area contributed by atoms with E-state index in [2.05, 4.69) is 160 Å². The van der Waals surface area contributed by atoms with E-state index in [0.29, 0.717) is 17.7 Å². The van der Waals surface area contributed by atoms with Gasteiger partial charge in [0.1, 0.15) is 0 Å². The van der Waals surface area contributed by atoms with Gasteiger partial charge in [0.15, 0.2) is 0 Å². The van der Waals surface area contributed by atoms with Gasteiger partial charge >= 0.3 is 259 Å². The number of aromatic nitrogens is 2. The van der Waals surface area contributed by atoms with Crippen molar-refractivity contribution in [2.24, 2.45) is 0 Å². The van der Waals surface area contributed by atoms with Crippen LogP contribution >= 0.6 is 0 Å². The van der Waals surface area contributed by atoms with Crippen LogP contribution < -0.4 is 0 Å². The standard InChI is InChI=1S/C43H34NOSe.C11H8N.Ir/c1-26(2)36-23-31(29-15-9-6-10-16-29)24-37(27(3)4)40(36)34-18-12-20-38-41(34)45-43(44-38)35-19-11-17-33-32-22-21-30(25-39(32)46-42(33)35)28-13-7-5-8-14-28;1-2-6-10(7-3-1)11-8-4-5-9-12-11;/h5-18,20-27H,1-4H3;1-6,8-9H;/q2*-1;. The molecule has 10 rings (SSSR count). The van der Waals surface area contributed by atoms with Crippen LogP contribution in [-0.2, 0) is 20.1 Å². The number of rotatable bonds is 7. The maximum absolute atomic E-state index is 6.81. The summed E-state index contributed by atoms with van der Waals surface area (Å²) in [7, 11) is 0. The first-order valence-electron chi connectivity index (χ1n) is 19.9. The average Bonchev–Trinajstić information content (AvgIpc) is 3.89. The number of hydrogen-bond donors (Lipinski definition) is 0. The Balaban J connectivity index is 0.000000319. The minimum absolute atomic E-state index is 0. The van der Waals surface area contributed by atoms with Gasteiger partial charge < -0.3 is 4.98 Å². The van der Waals surface area contributed by atoms with Gasteiger partial charge in [-0.3, -0.25) is 0 Å². The second kappa shape index (κ2) is 17.7. The Hall–Kier alpha value is -5.67. The first-order valence-corrected chi connectivity index (χ1v) is 21.6. The molecule has 0 atom stereocenters. The van der Waals surface area contributed by atoms with Gasteiger partial charge in [0, 0.05) is 26.3 Å². The van der Waals surface area contributed by atoms with E-state index in [1.807, 2.05) is 48.5 Å². The molecule has 0 N–H and O–H groups in total. The molecule has 5 heteroatoms. The molecule has 1 radical (unpaired) electrons. The maximum Gasteiger partial charge on any atom is 0.0160 e. The van der Waals surface area contributed by atoms with E-state index in [-0.39, 0.29) is 34.6 Å². The van der Waals surface area contributed by atoms with E-state index in [0.717, 1.165) is 33.5 Å². The van der Waals surface area contributed by atoms with Gasteiger partial charge in [0.05, 0.1) is 0 Å². The van der Waals surface area contributed by atoms with Crippen LogP contribution in [0.5, 0.6) is 0 Å². The molecule has 0 fully saturated rings. The van der Waals surface area contributed by atoms with E-state index in [9.17, 15) is 0 Å². The molecular formula is C54H42IrN2OSe-2. The largest absolute Gasteiger partial charge is 0.305 e. The number of para-hydroxylation sites is 1. The van der Waals surface area contributed by atoms with Gasteiger partial charge in [-0.05, 0) is 11.8 Å². The maximum atomic E-state index is 6.81. The zero-order valence-electron chi connectivity index (χ0n) is 33.4. The van der Waals surface area contributed by atoms with Crippen molar-refractivity contribution in [1.29, 1.82) is 0 Å². The molecule has 0 unspecified atom stereocenters. The predicted molar refractivity (Wildman–Crippen MR) is 243 cm³/mol. The fraction of sp³-hybridized carbons (Fsp3) is 0.111. The molecule has 0 aliphatic carbocycles. The Bertz CT molecular complexity index is 2920. The normalized spacial score (nSPS) is 11.2. The van der Waals surface area contributed by atoms with E-state index in [1.54, 1.807) is 6.20 Å². The predicted octanol–water partition coefficient (Wildman–Crippen LogP) is 14.5. The third-order valence-electron chi connectivity index (χ3n) is 10.6. The molecular weight excluding hydrogens is 964 g/mol. The van der Waals surface area contributed by atoms with Crippen molar-refractivity contribution in [3.05, 3.63) is 193 Å². The molecule has 0 spiro atoms. The number of oxazole rings is 1. The molecule has 0 aliphatic heterocycles. The third-order valence-corrected chi connectivity index (χ3v) is 13.1. The Kier molecular flexibility index (Phi) is 12.0. The number of fused-ring (bicyclic) bond motifs is 4. The molecule has 59 heavy (non-hydrogen) atoms. The first-order chi connectivity index (χ1) is 28.4. The second-order valence-corrected chi connectivity index (χ2v) is 17.4. The van der Waals surface area contributed by atoms with Crippen LogP contribution in [-0.4, -0.2) is 24.5 Å². The zero-order valence-corrected chi connectivity index (χ0v) is 37.5. The second-order valence-electron chi connectivity index (χ2n) is 15.1. The van der Waals surface area contributed by atoms with Crippen molar-refractivity contribution < 1.29 is 24.5 Å². The Morgan fingerprint density at radius 3 is 1.93 bits per heavy atom. The fourth-order valence-corrected chi connectivity index (χ4v) is 10.3. The summed E-state index contributed by atoms with van der Waals surface area (Å²) in [5, 5.41) is 2.58. The van der Waals surface area contributed by atoms with Crippen LogP contribution in [0.25, 0.3) is 86.5 Å². The van der Waals surface area contributed by atoms with Gasteiger partial charge in [-0.1, -0.05) is 30.3 Å². The summed E-state index contributed by atoms with van der Waals surface area (Å²) < 4.78 is 9.49. The minimum Gasteiger partial charge on any atom is -0.305 e. The van der Waals surface area contributed by atoms with E-state index in [1.165, 1.54) is 58.2 Å². The molecule has 3 nitrogen and oxygen atoms in total. The van der Waals surface area contributed by atoms with E-state index in [4.69, 9.17) is 9.40 Å². The van der Waals surface area contributed by atoms with Crippen LogP contribution in [0.3, 0.4) is 0 Å². The van der Waals surface area contributed by atoms with E-state index < -0.39 is 0 Å². The topological polar surface area (TPSA) is 38.9 Å². The summed E-state index contributed by atoms with van der Waals surface area (Å²) in [5.41, 5.74) is 14.7. The molecule has 291 valence electrons. The summed E-state index contributed by atoms with van der Waals surface area (Å²) in [6.45, 7) is 9.15. The van der Waals surface area contributed by atoms with Crippen LogP contribution in [0.2, 0.25) is 0 Å². The number of benzene rings is 7. The summed E-state index contributed by atoms with van der Waals surface area (Å²) in [4.78, 5) is 9.32. The fourth-order valence-electron chi connectivity index (χ4n) is 7.74. The summed E-state index contributed by atoms with van der Waals surface area (Å²) in [6.07, 6.45) is 1.79. The van der Waals surface area contributed by atoms with Crippen molar-refractivity contribution in [2.75, 3.05) is 0 Å². The van der Waals surface area contributed by atoms with Crippen LogP contribution in [0, 0.1) is 12.1 Å². The molecule has 0 bridgehead atoms. The van der Waals surface area contributed by atoms with Crippen molar-refractivity contribution in [3.8, 4) is 56.1 Å². The summed E-state index contributed by atoms with van der Waals surface area (Å²) in [6, 6.07) is 63.9. The van der Waals surface area contributed by atoms with Crippen molar-refractivity contribution in [1.82, 2.24) is 9.97 Å². The minimum atomic E-state index is 0. The Morgan fingerprint density at radius 2 is 1.27 bits per heavy atom.